The molecule has 0 radical (unpaired) electrons. The van der Waals surface area contributed by atoms with Gasteiger partial charge in [0.2, 0.25) is 5.91 Å². The molecule has 2 N–H and O–H groups in total. The molecule has 0 bridgehead atoms. The molecule has 1 aliphatic carbocycles. The van der Waals surface area contributed by atoms with Crippen molar-refractivity contribution in [1.82, 2.24) is 15.5 Å². The lowest BCUT2D eigenvalue weighted by atomic mass is 9.96. The number of carbonyl (C=O) groups is 1. The topological polar surface area (TPSA) is 88.0 Å². The Bertz CT molecular complexity index is 444. The Morgan fingerprint density at radius 2 is 2.05 bits per heavy atom. The van der Waals surface area contributed by atoms with E-state index in [1.54, 1.807) is 0 Å². The Morgan fingerprint density at radius 1 is 1.32 bits per heavy atom. The van der Waals surface area contributed by atoms with Gasteiger partial charge in [0.1, 0.15) is 0 Å². The molecule has 1 aromatic rings. The second kappa shape index (κ2) is 7.11. The second-order valence-corrected chi connectivity index (χ2v) is 5.20. The van der Waals surface area contributed by atoms with E-state index >= 15 is 0 Å². The molecule has 1 saturated carbocycles. The van der Waals surface area contributed by atoms with Gasteiger partial charge in [-0.15, -0.1) is 0 Å². The number of aromatic amines is 1. The summed E-state index contributed by atoms with van der Waals surface area (Å²) in [5.41, 5.74) is 0. The van der Waals surface area contributed by atoms with Gasteiger partial charge in [0.25, 0.3) is 0 Å². The van der Waals surface area contributed by atoms with Gasteiger partial charge in [0.05, 0.1) is 0 Å². The summed E-state index contributed by atoms with van der Waals surface area (Å²) in [6.07, 6.45) is 8.55. The van der Waals surface area contributed by atoms with Crippen LogP contribution in [0.5, 0.6) is 0 Å². The molecule has 19 heavy (non-hydrogen) atoms. The zero-order valence-electron chi connectivity index (χ0n) is 11.1. The Balaban J connectivity index is 1.65. The number of hydrogen-bond donors (Lipinski definition) is 2. The van der Waals surface area contributed by atoms with Crippen molar-refractivity contribution in [3.05, 3.63) is 16.4 Å². The third-order valence-electron chi connectivity index (χ3n) is 3.62. The zero-order valence-corrected chi connectivity index (χ0v) is 11.1. The van der Waals surface area contributed by atoms with Crippen LogP contribution in [0.15, 0.2) is 9.32 Å². The number of nitrogens with zero attached hydrogens (tertiary/aromatic N) is 1. The van der Waals surface area contributed by atoms with Crippen LogP contribution in [0.4, 0.5) is 0 Å². The molecule has 0 spiro atoms. The summed E-state index contributed by atoms with van der Waals surface area (Å²) >= 11 is 0. The molecule has 0 unspecified atom stereocenters. The third-order valence-corrected chi connectivity index (χ3v) is 3.62. The summed E-state index contributed by atoms with van der Waals surface area (Å²) in [4.78, 5) is 25.0. The van der Waals surface area contributed by atoms with E-state index in [2.05, 4.69) is 20.0 Å². The Labute approximate surface area is 111 Å². The number of rotatable bonds is 5. The van der Waals surface area contributed by atoms with Gasteiger partial charge in [-0.1, -0.05) is 30.8 Å². The SMILES string of the molecule is O=C(CC1CCCCCC1)NCCc1noc(=O)[nH]1. The molecule has 0 aromatic carbocycles. The van der Waals surface area contributed by atoms with E-state index in [0.29, 0.717) is 31.1 Å². The molecule has 1 fully saturated rings. The summed E-state index contributed by atoms with van der Waals surface area (Å²) < 4.78 is 4.38. The van der Waals surface area contributed by atoms with Crippen molar-refractivity contribution in [2.75, 3.05) is 6.54 Å². The molecule has 1 heterocycles. The van der Waals surface area contributed by atoms with E-state index in [4.69, 9.17) is 0 Å². The van der Waals surface area contributed by atoms with Crippen LogP contribution in [0.2, 0.25) is 0 Å². The van der Waals surface area contributed by atoms with Gasteiger partial charge in [-0.05, 0) is 18.8 Å². The van der Waals surface area contributed by atoms with E-state index in [1.807, 2.05) is 0 Å². The summed E-state index contributed by atoms with van der Waals surface area (Å²) in [6.45, 7) is 0.480. The molecule has 0 saturated heterocycles. The van der Waals surface area contributed by atoms with Gasteiger partial charge in [-0.25, -0.2) is 4.79 Å². The van der Waals surface area contributed by atoms with Gasteiger partial charge >= 0.3 is 5.76 Å². The zero-order chi connectivity index (χ0) is 13.5. The molecular weight excluding hydrogens is 246 g/mol. The first-order valence-corrected chi connectivity index (χ1v) is 7.05. The fourth-order valence-electron chi connectivity index (χ4n) is 2.59. The van der Waals surface area contributed by atoms with Crippen molar-refractivity contribution in [1.29, 1.82) is 0 Å². The Kier molecular flexibility index (Phi) is 5.18. The van der Waals surface area contributed by atoms with Gasteiger partial charge in [0.15, 0.2) is 5.82 Å². The first-order valence-electron chi connectivity index (χ1n) is 7.05. The highest BCUT2D eigenvalue weighted by Crippen LogP contribution is 2.25. The van der Waals surface area contributed by atoms with Crippen molar-refractivity contribution in [2.24, 2.45) is 5.92 Å². The normalized spacial score (nSPS) is 17.1. The molecule has 1 aromatic heterocycles. The maximum atomic E-state index is 11.8. The average Bonchev–Trinajstić information content (AvgIpc) is 2.63. The van der Waals surface area contributed by atoms with Crippen LogP contribution >= 0.6 is 0 Å². The summed E-state index contributed by atoms with van der Waals surface area (Å²) in [7, 11) is 0. The van der Waals surface area contributed by atoms with E-state index in [-0.39, 0.29) is 5.91 Å². The van der Waals surface area contributed by atoms with E-state index in [9.17, 15) is 9.59 Å². The molecule has 6 heteroatoms. The van der Waals surface area contributed by atoms with Gasteiger partial charge < -0.3 is 5.32 Å². The number of carbonyl (C=O) groups excluding carboxylic acids is 1. The van der Waals surface area contributed by atoms with Gasteiger partial charge in [0, 0.05) is 19.4 Å². The minimum absolute atomic E-state index is 0.0951. The quantitative estimate of drug-likeness (QED) is 0.789. The monoisotopic (exact) mass is 267 g/mol. The van der Waals surface area contributed by atoms with Crippen LogP contribution < -0.4 is 11.1 Å². The van der Waals surface area contributed by atoms with Crippen LogP contribution in [-0.2, 0) is 11.2 Å². The van der Waals surface area contributed by atoms with Crippen molar-refractivity contribution < 1.29 is 9.32 Å². The molecule has 1 amide bonds. The van der Waals surface area contributed by atoms with Crippen LogP contribution in [-0.4, -0.2) is 22.6 Å². The standard InChI is InChI=1S/C13H21N3O3/c17-12(9-10-5-3-1-2-4-6-10)14-8-7-11-15-13(18)19-16-11/h10H,1-9H2,(H,14,17)(H,15,16,18). The maximum absolute atomic E-state index is 11.8. The van der Waals surface area contributed by atoms with Crippen molar-refractivity contribution in [3.8, 4) is 0 Å². The predicted octanol–water partition coefficient (Wildman–Crippen LogP) is 1.38. The van der Waals surface area contributed by atoms with E-state index in [0.717, 1.165) is 0 Å². The van der Waals surface area contributed by atoms with Crippen LogP contribution in [0, 0.1) is 5.92 Å². The molecule has 6 nitrogen and oxygen atoms in total. The van der Waals surface area contributed by atoms with Crippen LogP contribution in [0.25, 0.3) is 0 Å². The summed E-state index contributed by atoms with van der Waals surface area (Å²) in [6, 6.07) is 0. The minimum Gasteiger partial charge on any atom is -0.356 e. The van der Waals surface area contributed by atoms with Crippen LogP contribution in [0.3, 0.4) is 0 Å². The number of hydrogen-bond acceptors (Lipinski definition) is 4. The summed E-state index contributed by atoms with van der Waals surface area (Å²) in [5.74, 6) is 0.548. The average molecular weight is 267 g/mol. The molecule has 0 atom stereocenters. The van der Waals surface area contributed by atoms with Crippen molar-refractivity contribution in [2.45, 2.75) is 51.4 Å². The number of H-pyrrole nitrogens is 1. The Hall–Kier alpha value is -1.59. The highest BCUT2D eigenvalue weighted by molar-refractivity contribution is 5.76. The maximum Gasteiger partial charge on any atom is 0.438 e. The van der Waals surface area contributed by atoms with Crippen molar-refractivity contribution in [3.63, 3.8) is 0 Å². The molecule has 106 valence electrons. The smallest absolute Gasteiger partial charge is 0.356 e. The van der Waals surface area contributed by atoms with E-state index < -0.39 is 5.76 Å². The molecular formula is C13H21N3O3. The van der Waals surface area contributed by atoms with Crippen molar-refractivity contribution >= 4 is 5.91 Å². The van der Waals surface area contributed by atoms with Gasteiger partial charge in [-0.3, -0.25) is 14.3 Å². The lowest BCUT2D eigenvalue weighted by Gasteiger charge is -2.13. The first kappa shape index (κ1) is 13.8. The highest BCUT2D eigenvalue weighted by atomic mass is 16.5. The largest absolute Gasteiger partial charge is 0.438 e. The number of aromatic nitrogens is 2. The first-order chi connectivity index (χ1) is 9.24. The lowest BCUT2D eigenvalue weighted by molar-refractivity contribution is -0.122. The molecule has 0 aliphatic heterocycles. The van der Waals surface area contributed by atoms with Crippen LogP contribution in [0.1, 0.15) is 50.8 Å². The lowest BCUT2D eigenvalue weighted by Crippen LogP contribution is -2.27. The Morgan fingerprint density at radius 3 is 2.68 bits per heavy atom. The number of amides is 1. The second-order valence-electron chi connectivity index (χ2n) is 5.20. The highest BCUT2D eigenvalue weighted by Gasteiger charge is 2.15. The third kappa shape index (κ3) is 4.89. The fraction of sp³-hybridized carbons (Fsp3) is 0.769. The number of nitrogens with one attached hydrogen (secondary N) is 2. The van der Waals surface area contributed by atoms with Gasteiger partial charge in [-0.2, -0.15) is 0 Å². The fourth-order valence-corrected chi connectivity index (χ4v) is 2.59. The minimum atomic E-state index is -0.556. The molecule has 2 rings (SSSR count). The predicted molar refractivity (Wildman–Crippen MR) is 69.6 cm³/mol. The molecule has 1 aliphatic rings. The summed E-state index contributed by atoms with van der Waals surface area (Å²) in [5, 5.41) is 6.41. The van der Waals surface area contributed by atoms with E-state index in [1.165, 1.54) is 38.5 Å².